The van der Waals surface area contributed by atoms with Crippen molar-refractivity contribution in [3.63, 3.8) is 0 Å². The highest BCUT2D eigenvalue weighted by atomic mass is 35.5. The van der Waals surface area contributed by atoms with Crippen molar-refractivity contribution in [2.75, 3.05) is 19.6 Å². The third-order valence-corrected chi connectivity index (χ3v) is 3.42. The van der Waals surface area contributed by atoms with Gasteiger partial charge in [0.05, 0.1) is 10.6 Å². The van der Waals surface area contributed by atoms with Crippen LogP contribution in [0.1, 0.15) is 17.3 Å². The summed E-state index contributed by atoms with van der Waals surface area (Å²) in [6.45, 7) is 3.93. The molecule has 0 aromatic heterocycles. The molecule has 2 N–H and O–H groups in total. The molecule has 0 unspecified atom stereocenters. The van der Waals surface area contributed by atoms with E-state index in [4.69, 9.17) is 23.2 Å². The number of carbonyl (C=O) groups excluding carboxylic acids is 1. The minimum Gasteiger partial charge on any atom is -0.507 e. The monoisotopic (exact) mass is 288 g/mol. The van der Waals surface area contributed by atoms with Crippen molar-refractivity contribution in [2.24, 2.45) is 0 Å². The fourth-order valence-electron chi connectivity index (χ4n) is 2.05. The molecule has 1 aromatic rings. The summed E-state index contributed by atoms with van der Waals surface area (Å²) in [6.07, 6.45) is 0. The summed E-state index contributed by atoms with van der Waals surface area (Å²) in [5.74, 6) is -0.439. The molecule has 18 heavy (non-hydrogen) atoms. The molecule has 0 saturated carbocycles. The lowest BCUT2D eigenvalue weighted by Gasteiger charge is -2.32. The van der Waals surface area contributed by atoms with Gasteiger partial charge in [0.15, 0.2) is 0 Å². The van der Waals surface area contributed by atoms with Gasteiger partial charge in [-0.3, -0.25) is 4.79 Å². The van der Waals surface area contributed by atoms with E-state index < -0.39 is 0 Å². The van der Waals surface area contributed by atoms with Crippen LogP contribution in [0.5, 0.6) is 5.75 Å². The van der Waals surface area contributed by atoms with Crippen LogP contribution in [-0.2, 0) is 0 Å². The van der Waals surface area contributed by atoms with Gasteiger partial charge in [0, 0.05) is 30.7 Å². The van der Waals surface area contributed by atoms with Gasteiger partial charge in [-0.25, -0.2) is 0 Å². The van der Waals surface area contributed by atoms with Gasteiger partial charge in [-0.1, -0.05) is 23.2 Å². The second-order valence-corrected chi connectivity index (χ2v) is 5.23. The lowest BCUT2D eigenvalue weighted by molar-refractivity contribution is 0.0706. The van der Waals surface area contributed by atoms with Crippen molar-refractivity contribution < 1.29 is 9.90 Å². The molecule has 1 fully saturated rings. The van der Waals surface area contributed by atoms with Crippen LogP contribution in [-0.4, -0.2) is 41.6 Å². The quantitative estimate of drug-likeness (QED) is 0.832. The van der Waals surface area contributed by atoms with Crippen molar-refractivity contribution in [1.29, 1.82) is 0 Å². The summed E-state index contributed by atoms with van der Waals surface area (Å²) in [5, 5.41) is 13.5. The molecule has 2 rings (SSSR count). The number of aromatic hydroxyl groups is 1. The van der Waals surface area contributed by atoms with Crippen LogP contribution in [0, 0.1) is 0 Å². The summed E-state index contributed by atoms with van der Waals surface area (Å²) >= 11 is 11.7. The first kappa shape index (κ1) is 13.5. The predicted molar refractivity (Wildman–Crippen MR) is 71.5 cm³/mol. The Kier molecular flexibility index (Phi) is 4.00. The Bertz CT molecular complexity index is 456. The van der Waals surface area contributed by atoms with Crippen molar-refractivity contribution in [2.45, 2.75) is 13.0 Å². The van der Waals surface area contributed by atoms with Crippen molar-refractivity contribution in [1.82, 2.24) is 10.2 Å². The number of nitrogens with zero attached hydrogens (tertiary/aromatic N) is 1. The Morgan fingerprint density at radius 3 is 2.83 bits per heavy atom. The van der Waals surface area contributed by atoms with Crippen LogP contribution in [0.3, 0.4) is 0 Å². The zero-order valence-electron chi connectivity index (χ0n) is 9.91. The molecule has 0 radical (unpaired) electrons. The molecule has 1 aromatic carbocycles. The van der Waals surface area contributed by atoms with Crippen molar-refractivity contribution in [3.8, 4) is 5.75 Å². The van der Waals surface area contributed by atoms with Crippen molar-refractivity contribution in [3.05, 3.63) is 27.7 Å². The molecule has 98 valence electrons. The number of rotatable bonds is 1. The van der Waals surface area contributed by atoms with Crippen LogP contribution in [0.2, 0.25) is 10.0 Å². The average molecular weight is 289 g/mol. The summed E-state index contributed by atoms with van der Waals surface area (Å²) in [5.41, 5.74) is 0.121. The highest BCUT2D eigenvalue weighted by molar-refractivity contribution is 6.37. The molecule has 1 atom stereocenters. The highest BCUT2D eigenvalue weighted by Gasteiger charge is 2.25. The number of amides is 1. The Hall–Kier alpha value is -0.970. The number of carbonyl (C=O) groups is 1. The van der Waals surface area contributed by atoms with Crippen LogP contribution < -0.4 is 5.32 Å². The standard InChI is InChI=1S/C12H14Cl2N2O2/c1-7-6-16(3-2-15-7)12(18)11-9(14)4-8(13)5-10(11)17/h4-5,7,15,17H,2-3,6H2,1H3/t7-/m1/s1. The first-order valence-electron chi connectivity index (χ1n) is 5.69. The van der Waals surface area contributed by atoms with Gasteiger partial charge in [-0.05, 0) is 19.1 Å². The van der Waals surface area contributed by atoms with Crippen molar-refractivity contribution >= 4 is 29.1 Å². The zero-order chi connectivity index (χ0) is 13.3. The second-order valence-electron chi connectivity index (χ2n) is 4.39. The number of hydrogen-bond donors (Lipinski definition) is 2. The number of benzene rings is 1. The Labute approximate surface area is 115 Å². The smallest absolute Gasteiger partial charge is 0.259 e. The van der Waals surface area contributed by atoms with Gasteiger partial charge >= 0.3 is 0 Å². The van der Waals surface area contributed by atoms with E-state index in [0.717, 1.165) is 6.54 Å². The van der Waals surface area contributed by atoms with E-state index >= 15 is 0 Å². The number of phenols is 1. The minimum atomic E-state index is -0.262. The normalized spacial score (nSPS) is 19.9. The molecule has 1 saturated heterocycles. The fraction of sp³-hybridized carbons (Fsp3) is 0.417. The molecule has 0 spiro atoms. The minimum absolute atomic E-state index is 0.121. The van der Waals surface area contributed by atoms with Crippen LogP contribution in [0.15, 0.2) is 12.1 Å². The average Bonchev–Trinajstić information content (AvgIpc) is 2.27. The number of halogens is 2. The van der Waals surface area contributed by atoms with Crippen LogP contribution >= 0.6 is 23.2 Å². The maximum Gasteiger partial charge on any atom is 0.259 e. The molecule has 0 aliphatic carbocycles. The first-order chi connectivity index (χ1) is 8.49. The molecule has 1 amide bonds. The number of hydrogen-bond acceptors (Lipinski definition) is 3. The topological polar surface area (TPSA) is 52.6 Å². The molecule has 0 bridgehead atoms. The zero-order valence-corrected chi connectivity index (χ0v) is 11.4. The number of piperazine rings is 1. The molecule has 4 nitrogen and oxygen atoms in total. The van der Waals surface area contributed by atoms with Crippen LogP contribution in [0.25, 0.3) is 0 Å². The van der Waals surface area contributed by atoms with Gasteiger partial charge in [0.25, 0.3) is 5.91 Å². The maximum absolute atomic E-state index is 12.3. The van der Waals surface area contributed by atoms with E-state index in [1.807, 2.05) is 6.92 Å². The highest BCUT2D eigenvalue weighted by Crippen LogP contribution is 2.31. The first-order valence-corrected chi connectivity index (χ1v) is 6.45. The molecular formula is C12H14Cl2N2O2. The Morgan fingerprint density at radius 2 is 2.22 bits per heavy atom. The largest absolute Gasteiger partial charge is 0.507 e. The van der Waals surface area contributed by atoms with E-state index in [-0.39, 0.29) is 28.3 Å². The van der Waals surface area contributed by atoms with Gasteiger partial charge < -0.3 is 15.3 Å². The van der Waals surface area contributed by atoms with E-state index in [1.54, 1.807) is 4.90 Å². The van der Waals surface area contributed by atoms with Gasteiger partial charge in [-0.2, -0.15) is 0 Å². The van der Waals surface area contributed by atoms with Gasteiger partial charge in [0.1, 0.15) is 5.75 Å². The lowest BCUT2D eigenvalue weighted by Crippen LogP contribution is -2.51. The number of nitrogens with one attached hydrogen (secondary N) is 1. The summed E-state index contributed by atoms with van der Waals surface area (Å²) in [6, 6.07) is 3.02. The Balaban J connectivity index is 2.28. The summed E-state index contributed by atoms with van der Waals surface area (Å²) < 4.78 is 0. The SMILES string of the molecule is C[C@@H]1CN(C(=O)c2c(O)cc(Cl)cc2Cl)CCN1. The summed E-state index contributed by atoms with van der Waals surface area (Å²) in [7, 11) is 0. The second kappa shape index (κ2) is 5.34. The number of phenolic OH excluding ortho intramolecular Hbond substituents is 1. The molecule has 1 aliphatic heterocycles. The molecule has 1 heterocycles. The fourth-order valence-corrected chi connectivity index (χ4v) is 2.61. The third-order valence-electron chi connectivity index (χ3n) is 2.90. The summed E-state index contributed by atoms with van der Waals surface area (Å²) in [4.78, 5) is 14.0. The van der Waals surface area contributed by atoms with Crippen LogP contribution in [0.4, 0.5) is 0 Å². The van der Waals surface area contributed by atoms with E-state index in [0.29, 0.717) is 18.1 Å². The van der Waals surface area contributed by atoms with Gasteiger partial charge in [0.2, 0.25) is 0 Å². The lowest BCUT2D eigenvalue weighted by atomic mass is 10.1. The van der Waals surface area contributed by atoms with Gasteiger partial charge in [-0.15, -0.1) is 0 Å². The predicted octanol–water partition coefficient (Wildman–Crippen LogP) is 2.13. The third kappa shape index (κ3) is 2.71. The Morgan fingerprint density at radius 1 is 1.50 bits per heavy atom. The molecular weight excluding hydrogens is 275 g/mol. The molecule has 1 aliphatic rings. The van der Waals surface area contributed by atoms with E-state index in [9.17, 15) is 9.90 Å². The van der Waals surface area contributed by atoms with E-state index in [2.05, 4.69) is 5.32 Å². The van der Waals surface area contributed by atoms with E-state index in [1.165, 1.54) is 12.1 Å². The molecule has 6 heteroatoms. The maximum atomic E-state index is 12.3.